The zero-order chi connectivity index (χ0) is 13.8. The fourth-order valence-electron chi connectivity index (χ4n) is 1.90. The largest absolute Gasteiger partial charge is 0.314 e. The summed E-state index contributed by atoms with van der Waals surface area (Å²) >= 11 is 3.35. The molecule has 0 fully saturated rings. The van der Waals surface area contributed by atoms with E-state index in [0.29, 0.717) is 24.1 Å². The first-order valence-electron chi connectivity index (χ1n) is 6.03. The summed E-state index contributed by atoms with van der Waals surface area (Å²) in [5, 5.41) is 0. The molecular weight excluding hydrogens is 306 g/mol. The van der Waals surface area contributed by atoms with Crippen molar-refractivity contribution in [3.63, 3.8) is 0 Å². The number of aromatic nitrogens is 1. The molecule has 0 N–H and O–H groups in total. The van der Waals surface area contributed by atoms with Crippen molar-refractivity contribution < 1.29 is 4.79 Å². The molecule has 0 amide bonds. The lowest BCUT2D eigenvalue weighted by Gasteiger charge is -2.07. The average Bonchev–Trinajstić information content (AvgIpc) is 2.41. The van der Waals surface area contributed by atoms with Gasteiger partial charge in [0, 0.05) is 34.8 Å². The molecule has 0 unspecified atom stereocenters. The van der Waals surface area contributed by atoms with Gasteiger partial charge in [0.05, 0.1) is 0 Å². The highest BCUT2D eigenvalue weighted by atomic mass is 79.9. The average molecular weight is 320 g/mol. The van der Waals surface area contributed by atoms with Crippen LogP contribution in [-0.2, 0) is 6.54 Å². The predicted molar refractivity (Wildman–Crippen MR) is 78.5 cm³/mol. The molecule has 2 aromatic rings. The fourth-order valence-corrected chi connectivity index (χ4v) is 2.49. The minimum atomic E-state index is -0.0518. The number of nitrogens with zero attached hydrogens (tertiary/aromatic N) is 1. The van der Waals surface area contributed by atoms with Gasteiger partial charge in [-0.25, -0.2) is 0 Å². The van der Waals surface area contributed by atoms with Crippen LogP contribution < -0.4 is 5.56 Å². The molecule has 1 aromatic carbocycles. The van der Waals surface area contributed by atoms with E-state index < -0.39 is 0 Å². The van der Waals surface area contributed by atoms with Gasteiger partial charge in [-0.15, -0.1) is 0 Å². The van der Waals surface area contributed by atoms with E-state index in [4.69, 9.17) is 0 Å². The van der Waals surface area contributed by atoms with Gasteiger partial charge < -0.3 is 4.57 Å². The lowest BCUT2D eigenvalue weighted by atomic mass is 10.1. The molecule has 0 radical (unpaired) electrons. The van der Waals surface area contributed by atoms with Crippen LogP contribution in [0.3, 0.4) is 0 Å². The standard InChI is InChI=1S/C15H14BrNO2/c1-11-9-13(16)10-17(15(11)19)8-7-14(18)12-5-3-2-4-6-12/h2-6,9-10H,7-8H2,1H3. The molecule has 0 aliphatic carbocycles. The Bertz CT molecular complexity index is 647. The first kappa shape index (κ1) is 13.7. The maximum atomic E-state index is 12.0. The Kier molecular flexibility index (Phi) is 4.32. The van der Waals surface area contributed by atoms with E-state index in [9.17, 15) is 9.59 Å². The van der Waals surface area contributed by atoms with Crippen molar-refractivity contribution in [1.29, 1.82) is 0 Å². The molecule has 1 heterocycles. The number of Topliss-reactive ketones (excluding diaryl/α,β-unsaturated/α-hetero) is 1. The van der Waals surface area contributed by atoms with Crippen LogP contribution >= 0.6 is 15.9 Å². The van der Waals surface area contributed by atoms with Crippen LogP contribution in [0.5, 0.6) is 0 Å². The summed E-state index contributed by atoms with van der Waals surface area (Å²) in [6.45, 7) is 2.16. The molecule has 3 nitrogen and oxygen atoms in total. The third-order valence-corrected chi connectivity index (χ3v) is 3.34. The van der Waals surface area contributed by atoms with E-state index in [-0.39, 0.29) is 11.3 Å². The van der Waals surface area contributed by atoms with Crippen molar-refractivity contribution in [1.82, 2.24) is 4.57 Å². The minimum Gasteiger partial charge on any atom is -0.314 e. The van der Waals surface area contributed by atoms with Crippen molar-refractivity contribution in [2.45, 2.75) is 19.9 Å². The number of rotatable bonds is 4. The molecule has 19 heavy (non-hydrogen) atoms. The number of pyridine rings is 1. The molecule has 0 aliphatic rings. The van der Waals surface area contributed by atoms with Gasteiger partial charge in [-0.2, -0.15) is 0 Å². The predicted octanol–water partition coefficient (Wildman–Crippen LogP) is 3.19. The third kappa shape index (κ3) is 3.41. The van der Waals surface area contributed by atoms with Crippen LogP contribution in [-0.4, -0.2) is 10.4 Å². The van der Waals surface area contributed by atoms with Crippen LogP contribution in [0, 0.1) is 6.92 Å². The minimum absolute atomic E-state index is 0.0464. The van der Waals surface area contributed by atoms with Gasteiger partial charge in [0.25, 0.3) is 5.56 Å². The van der Waals surface area contributed by atoms with Crippen molar-refractivity contribution >= 4 is 21.7 Å². The number of halogens is 1. The maximum absolute atomic E-state index is 12.0. The Morgan fingerprint density at radius 2 is 1.95 bits per heavy atom. The summed E-state index contributed by atoms with van der Waals surface area (Å²) in [6.07, 6.45) is 2.04. The first-order valence-corrected chi connectivity index (χ1v) is 6.82. The summed E-state index contributed by atoms with van der Waals surface area (Å²) in [5.41, 5.74) is 1.30. The first-order chi connectivity index (χ1) is 9.08. The fraction of sp³-hybridized carbons (Fsp3) is 0.200. The Morgan fingerprint density at radius 1 is 1.26 bits per heavy atom. The second kappa shape index (κ2) is 5.97. The van der Waals surface area contributed by atoms with Crippen LogP contribution in [0.4, 0.5) is 0 Å². The molecule has 0 atom stereocenters. The van der Waals surface area contributed by atoms with Crippen LogP contribution in [0.2, 0.25) is 0 Å². The summed E-state index contributed by atoms with van der Waals surface area (Å²) in [5.74, 6) is 0.0464. The zero-order valence-corrected chi connectivity index (χ0v) is 12.2. The van der Waals surface area contributed by atoms with E-state index in [1.807, 2.05) is 18.2 Å². The summed E-state index contributed by atoms with van der Waals surface area (Å²) in [4.78, 5) is 23.9. The highest BCUT2D eigenvalue weighted by Gasteiger charge is 2.07. The number of hydrogen-bond donors (Lipinski definition) is 0. The molecule has 2 rings (SSSR count). The molecule has 1 aromatic heterocycles. The number of carbonyl (C=O) groups excluding carboxylic acids is 1. The lowest BCUT2D eigenvalue weighted by molar-refractivity contribution is 0.0976. The topological polar surface area (TPSA) is 39.1 Å². The highest BCUT2D eigenvalue weighted by Crippen LogP contribution is 2.09. The van der Waals surface area contributed by atoms with Gasteiger partial charge in [-0.3, -0.25) is 9.59 Å². The third-order valence-electron chi connectivity index (χ3n) is 2.91. The number of benzene rings is 1. The number of aryl methyl sites for hydroxylation is 2. The van der Waals surface area contributed by atoms with E-state index in [1.54, 1.807) is 35.9 Å². The second-order valence-electron chi connectivity index (χ2n) is 4.38. The van der Waals surface area contributed by atoms with Gasteiger partial charge in [-0.05, 0) is 28.9 Å². The van der Waals surface area contributed by atoms with Crippen molar-refractivity contribution in [2.24, 2.45) is 0 Å². The highest BCUT2D eigenvalue weighted by molar-refractivity contribution is 9.10. The zero-order valence-electron chi connectivity index (χ0n) is 10.6. The van der Waals surface area contributed by atoms with E-state index in [1.165, 1.54) is 0 Å². The Balaban J connectivity index is 2.12. The summed E-state index contributed by atoms with van der Waals surface area (Å²) in [6, 6.07) is 10.9. The van der Waals surface area contributed by atoms with Gasteiger partial charge in [0.2, 0.25) is 0 Å². The summed E-state index contributed by atoms with van der Waals surface area (Å²) < 4.78 is 2.41. The molecule has 0 saturated carbocycles. The number of carbonyl (C=O) groups is 1. The van der Waals surface area contributed by atoms with E-state index >= 15 is 0 Å². The number of hydrogen-bond acceptors (Lipinski definition) is 2. The molecule has 4 heteroatoms. The summed E-state index contributed by atoms with van der Waals surface area (Å²) in [7, 11) is 0. The quantitative estimate of drug-likeness (QED) is 0.812. The van der Waals surface area contributed by atoms with Crippen molar-refractivity contribution in [2.75, 3.05) is 0 Å². The Hall–Kier alpha value is -1.68. The molecule has 0 bridgehead atoms. The molecular formula is C15H14BrNO2. The molecule has 98 valence electrons. The molecule has 0 aliphatic heterocycles. The van der Waals surface area contributed by atoms with Gasteiger partial charge >= 0.3 is 0 Å². The van der Waals surface area contributed by atoms with Crippen molar-refractivity contribution in [3.8, 4) is 0 Å². The second-order valence-corrected chi connectivity index (χ2v) is 5.29. The van der Waals surface area contributed by atoms with Crippen LogP contribution in [0.1, 0.15) is 22.3 Å². The maximum Gasteiger partial charge on any atom is 0.253 e. The normalized spacial score (nSPS) is 10.4. The van der Waals surface area contributed by atoms with E-state index in [0.717, 1.165) is 4.47 Å². The smallest absolute Gasteiger partial charge is 0.253 e. The van der Waals surface area contributed by atoms with Crippen LogP contribution in [0.15, 0.2) is 51.9 Å². The van der Waals surface area contributed by atoms with E-state index in [2.05, 4.69) is 15.9 Å². The SMILES string of the molecule is Cc1cc(Br)cn(CCC(=O)c2ccccc2)c1=O. The van der Waals surface area contributed by atoms with Gasteiger partial charge in [0.15, 0.2) is 5.78 Å². The van der Waals surface area contributed by atoms with Gasteiger partial charge in [0.1, 0.15) is 0 Å². The van der Waals surface area contributed by atoms with Crippen LogP contribution in [0.25, 0.3) is 0 Å². The molecule has 0 spiro atoms. The lowest BCUT2D eigenvalue weighted by Crippen LogP contribution is -2.22. The molecule has 0 saturated heterocycles. The van der Waals surface area contributed by atoms with Crippen molar-refractivity contribution in [3.05, 3.63) is 68.5 Å². The Labute approximate surface area is 120 Å². The number of ketones is 1. The monoisotopic (exact) mass is 319 g/mol. The Morgan fingerprint density at radius 3 is 2.63 bits per heavy atom. The van der Waals surface area contributed by atoms with Gasteiger partial charge in [-0.1, -0.05) is 30.3 Å².